The molecule has 0 bridgehead atoms. The van der Waals surface area contributed by atoms with Crippen LogP contribution in [0.4, 0.5) is 0 Å². The molecule has 0 saturated carbocycles. The van der Waals surface area contributed by atoms with Crippen molar-refractivity contribution < 1.29 is 0 Å². The summed E-state index contributed by atoms with van der Waals surface area (Å²) in [6, 6.07) is 0.419. The molecular weight excluding hydrogens is 280 g/mol. The molecule has 2 aromatic rings. The summed E-state index contributed by atoms with van der Waals surface area (Å²) in [5.41, 5.74) is 4.05. The average molecular weight is 304 g/mol. The first-order valence-corrected chi connectivity index (χ1v) is 8.52. The Labute approximate surface area is 130 Å². The fourth-order valence-electron chi connectivity index (χ4n) is 2.88. The molecule has 1 aliphatic carbocycles. The van der Waals surface area contributed by atoms with Gasteiger partial charge in [0.1, 0.15) is 0 Å². The molecule has 0 aliphatic heterocycles. The van der Waals surface area contributed by atoms with Gasteiger partial charge in [-0.25, -0.2) is 4.98 Å². The van der Waals surface area contributed by atoms with Crippen LogP contribution < -0.4 is 5.32 Å². The van der Waals surface area contributed by atoms with E-state index in [2.05, 4.69) is 36.6 Å². The van der Waals surface area contributed by atoms with Crippen molar-refractivity contribution >= 4 is 11.3 Å². The zero-order valence-corrected chi connectivity index (χ0v) is 14.1. The topological polar surface area (TPSA) is 42.7 Å². The summed E-state index contributed by atoms with van der Waals surface area (Å²) in [5.74, 6) is 0. The van der Waals surface area contributed by atoms with Crippen molar-refractivity contribution in [2.45, 2.75) is 58.0 Å². The SMILES string of the molecule is Cn1ncc2c1CCCC2NCc1csc(C(C)(C)C)n1. The zero-order chi connectivity index (χ0) is 15.0. The monoisotopic (exact) mass is 304 g/mol. The summed E-state index contributed by atoms with van der Waals surface area (Å²) in [6.07, 6.45) is 5.59. The number of fused-ring (bicyclic) bond motifs is 1. The number of rotatable bonds is 3. The van der Waals surface area contributed by atoms with Gasteiger partial charge in [0.2, 0.25) is 0 Å². The Morgan fingerprint density at radius 1 is 1.43 bits per heavy atom. The van der Waals surface area contributed by atoms with Gasteiger partial charge in [-0.15, -0.1) is 11.3 Å². The van der Waals surface area contributed by atoms with Crippen LogP contribution in [0.2, 0.25) is 0 Å². The number of hydrogen-bond donors (Lipinski definition) is 1. The van der Waals surface area contributed by atoms with Crippen LogP contribution in [-0.2, 0) is 25.4 Å². The van der Waals surface area contributed by atoms with Crippen molar-refractivity contribution in [1.82, 2.24) is 20.1 Å². The van der Waals surface area contributed by atoms with Crippen LogP contribution >= 0.6 is 11.3 Å². The predicted molar refractivity (Wildman–Crippen MR) is 86.5 cm³/mol. The standard InChI is InChI=1S/C16H24N4S/c1-16(2,3)15-19-11(10-21-15)8-17-13-6-5-7-14-12(13)9-18-20(14)4/h9-10,13,17H,5-8H2,1-4H3. The number of nitrogens with zero attached hydrogens (tertiary/aromatic N) is 3. The first-order valence-electron chi connectivity index (χ1n) is 7.64. The molecule has 1 aliphatic rings. The van der Waals surface area contributed by atoms with Gasteiger partial charge in [0.05, 0.1) is 16.9 Å². The van der Waals surface area contributed by atoms with E-state index < -0.39 is 0 Å². The van der Waals surface area contributed by atoms with Crippen LogP contribution in [0.15, 0.2) is 11.6 Å². The Bertz CT molecular complexity index is 621. The number of aromatic nitrogens is 3. The van der Waals surface area contributed by atoms with Gasteiger partial charge < -0.3 is 5.32 Å². The first kappa shape index (κ1) is 14.7. The van der Waals surface area contributed by atoms with E-state index in [-0.39, 0.29) is 5.41 Å². The van der Waals surface area contributed by atoms with Crippen LogP contribution in [0.5, 0.6) is 0 Å². The molecule has 2 heterocycles. The van der Waals surface area contributed by atoms with E-state index in [0.29, 0.717) is 6.04 Å². The molecule has 21 heavy (non-hydrogen) atoms. The normalized spacial score (nSPS) is 18.8. The Morgan fingerprint density at radius 2 is 2.24 bits per heavy atom. The Hall–Kier alpha value is -1.20. The minimum atomic E-state index is 0.143. The molecule has 4 nitrogen and oxygen atoms in total. The second kappa shape index (κ2) is 5.54. The van der Waals surface area contributed by atoms with Gasteiger partial charge in [-0.1, -0.05) is 20.8 Å². The van der Waals surface area contributed by atoms with E-state index in [9.17, 15) is 0 Å². The Kier molecular flexibility index (Phi) is 3.88. The zero-order valence-electron chi connectivity index (χ0n) is 13.3. The predicted octanol–water partition coefficient (Wildman–Crippen LogP) is 3.34. The highest BCUT2D eigenvalue weighted by molar-refractivity contribution is 7.09. The van der Waals surface area contributed by atoms with Gasteiger partial charge >= 0.3 is 0 Å². The van der Waals surface area contributed by atoms with E-state index in [1.807, 2.05) is 17.9 Å². The summed E-state index contributed by atoms with van der Waals surface area (Å²) in [4.78, 5) is 4.76. The van der Waals surface area contributed by atoms with Crippen molar-refractivity contribution in [3.8, 4) is 0 Å². The summed E-state index contributed by atoms with van der Waals surface area (Å²) < 4.78 is 2.02. The number of thiazole rings is 1. The van der Waals surface area contributed by atoms with E-state index >= 15 is 0 Å². The Morgan fingerprint density at radius 3 is 2.95 bits per heavy atom. The molecule has 0 spiro atoms. The van der Waals surface area contributed by atoms with Gasteiger partial charge in [-0.3, -0.25) is 4.68 Å². The minimum absolute atomic E-state index is 0.143. The highest BCUT2D eigenvalue weighted by Crippen LogP contribution is 2.30. The third-order valence-corrected chi connectivity index (χ3v) is 5.42. The lowest BCUT2D eigenvalue weighted by Gasteiger charge is -2.23. The summed E-state index contributed by atoms with van der Waals surface area (Å²) >= 11 is 1.77. The van der Waals surface area contributed by atoms with Crippen LogP contribution in [0, 0.1) is 0 Å². The van der Waals surface area contributed by atoms with Crippen LogP contribution in [0.1, 0.15) is 61.6 Å². The molecule has 1 unspecified atom stereocenters. The lowest BCUT2D eigenvalue weighted by atomic mass is 9.93. The van der Waals surface area contributed by atoms with Crippen molar-refractivity contribution in [3.63, 3.8) is 0 Å². The summed E-state index contributed by atoms with van der Waals surface area (Å²) in [7, 11) is 2.04. The molecule has 5 heteroatoms. The maximum absolute atomic E-state index is 4.76. The molecule has 1 atom stereocenters. The highest BCUT2D eigenvalue weighted by atomic mass is 32.1. The number of hydrogen-bond acceptors (Lipinski definition) is 4. The molecular formula is C16H24N4S. The molecule has 0 amide bonds. The van der Waals surface area contributed by atoms with Crippen molar-refractivity contribution in [2.24, 2.45) is 7.05 Å². The molecule has 0 fully saturated rings. The van der Waals surface area contributed by atoms with Crippen molar-refractivity contribution in [1.29, 1.82) is 0 Å². The van der Waals surface area contributed by atoms with Gasteiger partial charge in [0.15, 0.2) is 0 Å². The molecule has 1 N–H and O–H groups in total. The smallest absolute Gasteiger partial charge is 0.0982 e. The van der Waals surface area contributed by atoms with Gasteiger partial charge in [0, 0.05) is 41.7 Å². The van der Waals surface area contributed by atoms with Gasteiger partial charge in [-0.2, -0.15) is 5.10 Å². The van der Waals surface area contributed by atoms with Crippen LogP contribution in [0.3, 0.4) is 0 Å². The van der Waals surface area contributed by atoms with E-state index in [1.54, 1.807) is 11.3 Å². The summed E-state index contributed by atoms with van der Waals surface area (Å²) in [5, 5.41) is 11.5. The molecule has 0 aromatic carbocycles. The molecule has 0 saturated heterocycles. The van der Waals surface area contributed by atoms with Gasteiger partial charge in [0.25, 0.3) is 0 Å². The largest absolute Gasteiger partial charge is 0.304 e. The molecule has 0 radical (unpaired) electrons. The van der Waals surface area contributed by atoms with E-state index in [1.165, 1.54) is 29.1 Å². The van der Waals surface area contributed by atoms with Gasteiger partial charge in [-0.05, 0) is 19.3 Å². The second-order valence-corrected chi connectivity index (χ2v) is 7.75. The quantitative estimate of drug-likeness (QED) is 0.945. The lowest BCUT2D eigenvalue weighted by Crippen LogP contribution is -2.25. The average Bonchev–Trinajstić information content (AvgIpc) is 3.04. The third-order valence-electron chi connectivity index (χ3n) is 4.10. The fourth-order valence-corrected chi connectivity index (χ4v) is 3.79. The summed E-state index contributed by atoms with van der Waals surface area (Å²) in [6.45, 7) is 7.48. The van der Waals surface area contributed by atoms with Crippen molar-refractivity contribution in [2.75, 3.05) is 0 Å². The number of nitrogens with one attached hydrogen (secondary N) is 1. The van der Waals surface area contributed by atoms with E-state index in [4.69, 9.17) is 4.98 Å². The fraction of sp³-hybridized carbons (Fsp3) is 0.625. The third kappa shape index (κ3) is 3.04. The van der Waals surface area contributed by atoms with Crippen LogP contribution in [-0.4, -0.2) is 14.8 Å². The Balaban J connectivity index is 1.67. The first-order chi connectivity index (χ1) is 9.95. The maximum atomic E-state index is 4.76. The lowest BCUT2D eigenvalue weighted by molar-refractivity contribution is 0.449. The highest BCUT2D eigenvalue weighted by Gasteiger charge is 2.23. The van der Waals surface area contributed by atoms with E-state index in [0.717, 1.165) is 18.7 Å². The molecule has 2 aromatic heterocycles. The molecule has 3 rings (SSSR count). The number of aryl methyl sites for hydroxylation is 1. The van der Waals surface area contributed by atoms with Crippen LogP contribution in [0.25, 0.3) is 0 Å². The second-order valence-electron chi connectivity index (χ2n) is 6.89. The maximum Gasteiger partial charge on any atom is 0.0982 e. The molecule has 114 valence electrons. The minimum Gasteiger partial charge on any atom is -0.304 e. The van der Waals surface area contributed by atoms with Crippen molar-refractivity contribution in [3.05, 3.63) is 33.5 Å².